The van der Waals surface area contributed by atoms with Gasteiger partial charge in [0.05, 0.1) is 5.69 Å². The molecule has 2 rings (SSSR count). The van der Waals surface area contributed by atoms with Gasteiger partial charge in [-0.25, -0.2) is 0 Å². The maximum atomic E-state index is 9.07. The van der Waals surface area contributed by atoms with Gasteiger partial charge in [0.2, 0.25) is 0 Å². The summed E-state index contributed by atoms with van der Waals surface area (Å²) in [7, 11) is 0. The van der Waals surface area contributed by atoms with E-state index >= 15 is 0 Å². The van der Waals surface area contributed by atoms with Gasteiger partial charge in [-0.05, 0) is 29.7 Å². The average molecular weight is 277 g/mol. The first kappa shape index (κ1) is 12.9. The number of nitrogen functional groups attached to an aromatic ring is 1. The molecule has 0 fully saturated rings. The number of rotatable bonds is 3. The Labute approximate surface area is 116 Å². The van der Waals surface area contributed by atoms with Crippen LogP contribution in [-0.4, -0.2) is 0 Å². The summed E-state index contributed by atoms with van der Waals surface area (Å²) in [5, 5.41) is 9.78. The van der Waals surface area contributed by atoms with E-state index in [2.05, 4.69) is 13.0 Å². The molecule has 2 aromatic rings. The van der Waals surface area contributed by atoms with Gasteiger partial charge in [-0.2, -0.15) is 5.26 Å². The topological polar surface area (TPSA) is 49.8 Å². The molecule has 0 saturated heterocycles. The molecule has 0 aliphatic rings. The Kier molecular flexibility index (Phi) is 3.90. The summed E-state index contributed by atoms with van der Waals surface area (Å²) < 4.78 is 0. The maximum absolute atomic E-state index is 9.07. The van der Waals surface area contributed by atoms with Crippen LogP contribution in [0.5, 0.6) is 0 Å². The minimum Gasteiger partial charge on any atom is -0.397 e. The van der Waals surface area contributed by atoms with Gasteiger partial charge in [0.25, 0.3) is 0 Å². The third kappa shape index (κ3) is 2.35. The number of thiophene rings is 1. The Morgan fingerprint density at radius 1 is 1.33 bits per heavy atom. The van der Waals surface area contributed by atoms with Crippen LogP contribution in [0.1, 0.15) is 23.8 Å². The second-order valence-corrected chi connectivity index (χ2v) is 5.48. The molecule has 1 aromatic heterocycles. The van der Waals surface area contributed by atoms with Gasteiger partial charge in [0, 0.05) is 9.90 Å². The molecular formula is C14H13ClN2S. The molecule has 0 spiro atoms. The lowest BCUT2D eigenvalue weighted by Crippen LogP contribution is -1.93. The number of hydrogen-bond acceptors (Lipinski definition) is 3. The van der Waals surface area contributed by atoms with Crippen molar-refractivity contribution in [2.45, 2.75) is 19.8 Å². The molecular weight excluding hydrogens is 264 g/mol. The second kappa shape index (κ2) is 5.43. The summed E-state index contributed by atoms with van der Waals surface area (Å²) in [4.78, 5) is 1.69. The van der Waals surface area contributed by atoms with E-state index in [0.29, 0.717) is 15.6 Å². The Morgan fingerprint density at radius 3 is 2.56 bits per heavy atom. The van der Waals surface area contributed by atoms with Crippen LogP contribution in [0.3, 0.4) is 0 Å². The number of nitrogens with two attached hydrogens (primary N) is 1. The summed E-state index contributed by atoms with van der Waals surface area (Å²) in [5.41, 5.74) is 8.82. The molecule has 0 aliphatic heterocycles. The number of anilines is 1. The lowest BCUT2D eigenvalue weighted by Gasteiger charge is -2.04. The molecule has 0 saturated carbocycles. The van der Waals surface area contributed by atoms with Crippen molar-refractivity contribution < 1.29 is 0 Å². The normalized spacial score (nSPS) is 10.3. The molecule has 0 unspecified atom stereocenters. The molecule has 92 valence electrons. The Hall–Kier alpha value is -1.50. The lowest BCUT2D eigenvalue weighted by atomic mass is 10.0. The van der Waals surface area contributed by atoms with Crippen molar-refractivity contribution in [1.82, 2.24) is 0 Å². The summed E-state index contributed by atoms with van der Waals surface area (Å²) >= 11 is 7.35. The number of nitrogens with zero attached hydrogens (tertiary/aromatic N) is 1. The van der Waals surface area contributed by atoms with Crippen LogP contribution in [-0.2, 0) is 6.42 Å². The van der Waals surface area contributed by atoms with Crippen molar-refractivity contribution in [2.24, 2.45) is 0 Å². The van der Waals surface area contributed by atoms with E-state index in [4.69, 9.17) is 22.6 Å². The third-order valence-corrected chi connectivity index (χ3v) is 4.21. The van der Waals surface area contributed by atoms with E-state index < -0.39 is 0 Å². The Bertz CT molecular complexity index is 593. The standard InChI is InChI=1S/C14H13ClN2S/c1-2-3-11-13(17)12(8-16)18-14(11)9-4-6-10(15)7-5-9/h4-7H,2-3,17H2,1H3. The number of hydrogen-bond donors (Lipinski definition) is 1. The molecule has 1 heterocycles. The zero-order valence-corrected chi connectivity index (χ0v) is 11.6. The van der Waals surface area contributed by atoms with E-state index in [1.165, 1.54) is 11.3 Å². The Balaban J connectivity index is 2.56. The zero-order chi connectivity index (χ0) is 13.1. The van der Waals surface area contributed by atoms with Gasteiger partial charge >= 0.3 is 0 Å². The fourth-order valence-electron chi connectivity index (χ4n) is 1.89. The highest BCUT2D eigenvalue weighted by Gasteiger charge is 2.16. The molecule has 4 heteroatoms. The largest absolute Gasteiger partial charge is 0.397 e. The predicted octanol–water partition coefficient (Wildman–Crippen LogP) is 4.47. The van der Waals surface area contributed by atoms with Crippen molar-refractivity contribution in [2.75, 3.05) is 5.73 Å². The van der Waals surface area contributed by atoms with E-state index in [0.717, 1.165) is 28.8 Å². The summed E-state index contributed by atoms with van der Waals surface area (Å²) in [6.45, 7) is 2.11. The summed E-state index contributed by atoms with van der Waals surface area (Å²) in [5.74, 6) is 0. The van der Waals surface area contributed by atoms with Gasteiger partial charge in [-0.3, -0.25) is 0 Å². The highest BCUT2D eigenvalue weighted by Crippen LogP contribution is 2.39. The molecule has 0 radical (unpaired) electrons. The quantitative estimate of drug-likeness (QED) is 0.899. The molecule has 0 aliphatic carbocycles. The minimum absolute atomic E-state index is 0.600. The Morgan fingerprint density at radius 2 is 2.00 bits per heavy atom. The minimum atomic E-state index is 0.600. The smallest absolute Gasteiger partial charge is 0.128 e. The fraction of sp³-hybridized carbons (Fsp3) is 0.214. The average Bonchev–Trinajstić information content (AvgIpc) is 2.69. The van der Waals surface area contributed by atoms with Crippen LogP contribution in [0.15, 0.2) is 24.3 Å². The first-order valence-electron chi connectivity index (χ1n) is 5.74. The highest BCUT2D eigenvalue weighted by molar-refractivity contribution is 7.16. The van der Waals surface area contributed by atoms with E-state index in [9.17, 15) is 0 Å². The van der Waals surface area contributed by atoms with Crippen LogP contribution in [0.4, 0.5) is 5.69 Å². The van der Waals surface area contributed by atoms with Gasteiger partial charge in [0.1, 0.15) is 10.9 Å². The lowest BCUT2D eigenvalue weighted by molar-refractivity contribution is 0.930. The monoisotopic (exact) mass is 276 g/mol. The fourth-order valence-corrected chi connectivity index (χ4v) is 3.09. The molecule has 2 N–H and O–H groups in total. The first-order valence-corrected chi connectivity index (χ1v) is 6.94. The van der Waals surface area contributed by atoms with Crippen LogP contribution >= 0.6 is 22.9 Å². The van der Waals surface area contributed by atoms with Gasteiger partial charge in [0.15, 0.2) is 0 Å². The van der Waals surface area contributed by atoms with E-state index in [-0.39, 0.29) is 0 Å². The van der Waals surface area contributed by atoms with E-state index in [1.807, 2.05) is 24.3 Å². The van der Waals surface area contributed by atoms with Crippen LogP contribution in [0.25, 0.3) is 10.4 Å². The summed E-state index contributed by atoms with van der Waals surface area (Å²) in [6, 6.07) is 9.81. The molecule has 2 nitrogen and oxygen atoms in total. The van der Waals surface area contributed by atoms with Crippen molar-refractivity contribution in [3.05, 3.63) is 39.7 Å². The highest BCUT2D eigenvalue weighted by atomic mass is 35.5. The van der Waals surface area contributed by atoms with Crippen molar-refractivity contribution >= 4 is 28.6 Å². The van der Waals surface area contributed by atoms with Crippen molar-refractivity contribution in [3.63, 3.8) is 0 Å². The SMILES string of the molecule is CCCc1c(-c2ccc(Cl)cc2)sc(C#N)c1N. The van der Waals surface area contributed by atoms with E-state index in [1.54, 1.807) is 0 Å². The van der Waals surface area contributed by atoms with Gasteiger partial charge in [-0.15, -0.1) is 11.3 Å². The molecule has 0 amide bonds. The van der Waals surface area contributed by atoms with Crippen LogP contribution < -0.4 is 5.73 Å². The molecule has 0 atom stereocenters. The maximum Gasteiger partial charge on any atom is 0.128 e. The van der Waals surface area contributed by atoms with Crippen molar-refractivity contribution in [1.29, 1.82) is 5.26 Å². The number of nitriles is 1. The first-order chi connectivity index (χ1) is 8.67. The van der Waals surface area contributed by atoms with Gasteiger partial charge in [-0.1, -0.05) is 37.1 Å². The molecule has 0 bridgehead atoms. The third-order valence-electron chi connectivity index (χ3n) is 2.76. The van der Waals surface area contributed by atoms with Crippen molar-refractivity contribution in [3.8, 4) is 16.5 Å². The van der Waals surface area contributed by atoms with Gasteiger partial charge < -0.3 is 5.73 Å². The summed E-state index contributed by atoms with van der Waals surface area (Å²) in [6.07, 6.45) is 1.90. The van der Waals surface area contributed by atoms with Crippen LogP contribution in [0, 0.1) is 11.3 Å². The van der Waals surface area contributed by atoms with Crippen LogP contribution in [0.2, 0.25) is 5.02 Å². The number of benzene rings is 1. The molecule has 1 aromatic carbocycles. The second-order valence-electron chi connectivity index (χ2n) is 4.02. The zero-order valence-electron chi connectivity index (χ0n) is 10.0. The number of halogens is 1. The predicted molar refractivity (Wildman–Crippen MR) is 77.9 cm³/mol. The molecule has 18 heavy (non-hydrogen) atoms.